The van der Waals surface area contributed by atoms with E-state index in [1.54, 1.807) is 12.1 Å². The number of piperazine rings is 1. The lowest BCUT2D eigenvalue weighted by atomic mass is 10.2. The van der Waals surface area contributed by atoms with Crippen LogP contribution in [0.2, 0.25) is 0 Å². The zero-order valence-electron chi connectivity index (χ0n) is 14.2. The summed E-state index contributed by atoms with van der Waals surface area (Å²) in [5.41, 5.74) is 7.05. The minimum Gasteiger partial charge on any atom is -0.370 e. The zero-order chi connectivity index (χ0) is 16.9. The maximum atomic E-state index is 13.0. The lowest BCUT2D eigenvalue weighted by molar-refractivity contribution is -0.128. The van der Waals surface area contributed by atoms with Gasteiger partial charge in [-0.1, -0.05) is 0 Å². The summed E-state index contributed by atoms with van der Waals surface area (Å²) in [6.07, 6.45) is 2.16. The fourth-order valence-electron chi connectivity index (χ4n) is 3.16. The quantitative estimate of drug-likeness (QED) is 0.421. The van der Waals surface area contributed by atoms with Crippen molar-refractivity contribution in [3.05, 3.63) is 30.1 Å². The van der Waals surface area contributed by atoms with Gasteiger partial charge in [0.2, 0.25) is 5.91 Å². The lowest BCUT2D eigenvalue weighted by Crippen LogP contribution is -2.51. The van der Waals surface area contributed by atoms with Crippen molar-refractivity contribution < 1.29 is 9.18 Å². The van der Waals surface area contributed by atoms with Gasteiger partial charge in [-0.3, -0.25) is 4.79 Å². The Balaban J connectivity index is 0.00000225. The molecule has 2 aliphatic heterocycles. The van der Waals surface area contributed by atoms with Crippen molar-refractivity contribution in [2.24, 2.45) is 10.7 Å². The van der Waals surface area contributed by atoms with E-state index in [-0.39, 0.29) is 42.2 Å². The molecular weight excluding hydrogens is 436 g/mol. The van der Waals surface area contributed by atoms with Crippen molar-refractivity contribution in [3.63, 3.8) is 0 Å². The number of likely N-dealkylation sites (tertiary alicyclic amines) is 1. The van der Waals surface area contributed by atoms with Crippen molar-refractivity contribution >= 4 is 41.5 Å². The molecule has 6 nitrogen and oxygen atoms in total. The highest BCUT2D eigenvalue weighted by molar-refractivity contribution is 14.0. The standard InChI is InChI=1S/C17H24FN5O.HI/c18-14-3-5-15(6-4-14)21-9-11-23(12-10-21)17(19)20-13-16(24)22-7-1-2-8-22;/h3-6H,1-2,7-13H2,(H2,19,20);1H. The van der Waals surface area contributed by atoms with Gasteiger partial charge in [0.15, 0.2) is 5.96 Å². The molecule has 2 N–H and O–H groups in total. The summed E-state index contributed by atoms with van der Waals surface area (Å²) in [5, 5.41) is 0. The van der Waals surface area contributed by atoms with Crippen LogP contribution < -0.4 is 10.6 Å². The minimum atomic E-state index is -0.226. The molecule has 0 radical (unpaired) electrons. The van der Waals surface area contributed by atoms with Gasteiger partial charge < -0.3 is 20.4 Å². The third-order valence-corrected chi connectivity index (χ3v) is 4.63. The zero-order valence-corrected chi connectivity index (χ0v) is 16.6. The Morgan fingerprint density at radius 3 is 2.20 bits per heavy atom. The van der Waals surface area contributed by atoms with Gasteiger partial charge in [-0.2, -0.15) is 0 Å². The highest BCUT2D eigenvalue weighted by Gasteiger charge is 2.20. The molecule has 0 aliphatic carbocycles. The van der Waals surface area contributed by atoms with E-state index >= 15 is 0 Å². The van der Waals surface area contributed by atoms with Crippen LogP contribution in [0.4, 0.5) is 10.1 Å². The van der Waals surface area contributed by atoms with Crippen molar-refractivity contribution in [1.82, 2.24) is 9.80 Å². The second-order valence-electron chi connectivity index (χ2n) is 6.21. The molecule has 2 heterocycles. The Hall–Kier alpha value is -1.58. The molecule has 1 aromatic rings. The number of hydrogen-bond donors (Lipinski definition) is 1. The summed E-state index contributed by atoms with van der Waals surface area (Å²) in [7, 11) is 0. The number of anilines is 1. The third kappa shape index (κ3) is 5.20. The van der Waals surface area contributed by atoms with Gasteiger partial charge in [0.25, 0.3) is 0 Å². The molecule has 0 spiro atoms. The van der Waals surface area contributed by atoms with Gasteiger partial charge in [-0.05, 0) is 37.1 Å². The molecule has 138 valence electrons. The normalized spacial score (nSPS) is 18.3. The van der Waals surface area contributed by atoms with Crippen LogP contribution in [0.5, 0.6) is 0 Å². The van der Waals surface area contributed by atoms with Crippen LogP contribution in [-0.4, -0.2) is 67.5 Å². The molecule has 3 rings (SSSR count). The number of rotatable bonds is 3. The molecule has 0 saturated carbocycles. The summed E-state index contributed by atoms with van der Waals surface area (Å²) >= 11 is 0. The predicted octanol–water partition coefficient (Wildman–Crippen LogP) is 1.50. The van der Waals surface area contributed by atoms with Crippen LogP contribution in [0.1, 0.15) is 12.8 Å². The molecule has 0 aromatic heterocycles. The Kier molecular flexibility index (Phi) is 7.27. The molecule has 25 heavy (non-hydrogen) atoms. The first-order valence-corrected chi connectivity index (χ1v) is 8.46. The number of benzene rings is 1. The SMILES string of the molecule is I.NC(=NCC(=O)N1CCCC1)N1CCN(c2ccc(F)cc2)CC1. The molecule has 1 amide bonds. The number of nitrogens with two attached hydrogens (primary N) is 1. The van der Waals surface area contributed by atoms with Crippen LogP contribution in [0.3, 0.4) is 0 Å². The Labute approximate surface area is 164 Å². The minimum absolute atomic E-state index is 0. The number of nitrogens with zero attached hydrogens (tertiary/aromatic N) is 4. The average molecular weight is 461 g/mol. The topological polar surface area (TPSA) is 65.2 Å². The molecule has 2 saturated heterocycles. The first-order chi connectivity index (χ1) is 11.6. The highest BCUT2D eigenvalue weighted by Crippen LogP contribution is 2.16. The van der Waals surface area contributed by atoms with E-state index in [2.05, 4.69) is 9.89 Å². The number of guanidine groups is 1. The Morgan fingerprint density at radius 2 is 1.60 bits per heavy atom. The molecular formula is C17H25FIN5O. The number of carbonyl (C=O) groups excluding carboxylic acids is 1. The van der Waals surface area contributed by atoms with E-state index in [1.165, 1.54) is 12.1 Å². The average Bonchev–Trinajstić information content (AvgIpc) is 3.15. The monoisotopic (exact) mass is 461 g/mol. The van der Waals surface area contributed by atoms with Crippen LogP contribution in [0, 0.1) is 5.82 Å². The van der Waals surface area contributed by atoms with Crippen LogP contribution in [0.25, 0.3) is 0 Å². The maximum Gasteiger partial charge on any atom is 0.244 e. The molecule has 0 bridgehead atoms. The van der Waals surface area contributed by atoms with E-state index < -0.39 is 0 Å². The van der Waals surface area contributed by atoms with Gasteiger partial charge in [-0.25, -0.2) is 9.38 Å². The highest BCUT2D eigenvalue weighted by atomic mass is 127. The van der Waals surface area contributed by atoms with Gasteiger partial charge in [0.1, 0.15) is 12.4 Å². The second kappa shape index (κ2) is 9.21. The Morgan fingerprint density at radius 1 is 1.00 bits per heavy atom. The lowest BCUT2D eigenvalue weighted by Gasteiger charge is -2.36. The third-order valence-electron chi connectivity index (χ3n) is 4.63. The van der Waals surface area contributed by atoms with E-state index in [4.69, 9.17) is 5.73 Å². The van der Waals surface area contributed by atoms with Gasteiger partial charge >= 0.3 is 0 Å². The smallest absolute Gasteiger partial charge is 0.244 e. The van der Waals surface area contributed by atoms with Gasteiger partial charge in [0, 0.05) is 45.0 Å². The summed E-state index contributed by atoms with van der Waals surface area (Å²) < 4.78 is 13.0. The van der Waals surface area contributed by atoms with E-state index in [0.717, 1.165) is 57.8 Å². The summed E-state index contributed by atoms with van der Waals surface area (Å²) in [6.45, 7) is 4.87. The fraction of sp³-hybridized carbons (Fsp3) is 0.529. The van der Waals surface area contributed by atoms with Crippen molar-refractivity contribution in [1.29, 1.82) is 0 Å². The molecule has 2 fully saturated rings. The Bertz CT molecular complexity index is 596. The number of carbonyl (C=O) groups is 1. The van der Waals surface area contributed by atoms with Crippen LogP contribution >= 0.6 is 24.0 Å². The van der Waals surface area contributed by atoms with Gasteiger partial charge in [-0.15, -0.1) is 24.0 Å². The molecule has 0 atom stereocenters. The van der Waals surface area contributed by atoms with Crippen molar-refractivity contribution in [2.75, 3.05) is 50.7 Å². The summed E-state index contributed by atoms with van der Waals surface area (Å²) in [6, 6.07) is 6.53. The first kappa shape index (κ1) is 19.7. The van der Waals surface area contributed by atoms with E-state index in [9.17, 15) is 9.18 Å². The van der Waals surface area contributed by atoms with E-state index in [1.807, 2.05) is 9.80 Å². The van der Waals surface area contributed by atoms with E-state index in [0.29, 0.717) is 5.96 Å². The van der Waals surface area contributed by atoms with Crippen LogP contribution in [0.15, 0.2) is 29.3 Å². The molecule has 0 unspecified atom stereocenters. The summed E-state index contributed by atoms with van der Waals surface area (Å²) in [4.78, 5) is 22.3. The maximum absolute atomic E-state index is 13.0. The van der Waals surface area contributed by atoms with Crippen molar-refractivity contribution in [2.45, 2.75) is 12.8 Å². The fourth-order valence-corrected chi connectivity index (χ4v) is 3.16. The largest absolute Gasteiger partial charge is 0.370 e. The van der Waals surface area contributed by atoms with Crippen molar-refractivity contribution in [3.8, 4) is 0 Å². The number of hydrogen-bond acceptors (Lipinski definition) is 3. The molecule has 1 aromatic carbocycles. The number of halogens is 2. The number of amides is 1. The van der Waals surface area contributed by atoms with Gasteiger partial charge in [0.05, 0.1) is 0 Å². The summed E-state index contributed by atoms with van der Waals surface area (Å²) in [5.74, 6) is 0.262. The second-order valence-corrected chi connectivity index (χ2v) is 6.21. The molecule has 2 aliphatic rings. The first-order valence-electron chi connectivity index (χ1n) is 8.46. The van der Waals surface area contributed by atoms with Crippen LogP contribution in [-0.2, 0) is 4.79 Å². The molecule has 8 heteroatoms. The number of aliphatic imine (C=N–C) groups is 1. The predicted molar refractivity (Wildman–Crippen MR) is 108 cm³/mol.